The lowest BCUT2D eigenvalue weighted by Gasteiger charge is -2.20. The van der Waals surface area contributed by atoms with Gasteiger partial charge in [-0.15, -0.1) is 0 Å². The molecule has 0 radical (unpaired) electrons. The van der Waals surface area contributed by atoms with E-state index in [1.54, 1.807) is 40.5 Å². The molecule has 1 unspecified atom stereocenters. The molecular weight excluding hydrogens is 232 g/mol. The number of ether oxygens (including phenoxy) is 3. The van der Waals surface area contributed by atoms with Crippen LogP contribution in [0.25, 0.3) is 0 Å². The van der Waals surface area contributed by atoms with Crippen molar-refractivity contribution in [2.24, 2.45) is 0 Å². The van der Waals surface area contributed by atoms with Crippen LogP contribution in [-0.4, -0.2) is 28.4 Å². The van der Waals surface area contributed by atoms with Gasteiger partial charge < -0.3 is 19.5 Å². The van der Waals surface area contributed by atoms with Gasteiger partial charge in [-0.05, 0) is 7.05 Å². The van der Waals surface area contributed by atoms with Crippen LogP contribution in [-0.2, 0) is 0 Å². The Kier molecular flexibility index (Phi) is 5.28. The molecule has 0 spiro atoms. The van der Waals surface area contributed by atoms with Crippen molar-refractivity contribution in [3.8, 4) is 23.3 Å². The number of rotatable bonds is 6. The third-order valence-corrected chi connectivity index (χ3v) is 2.75. The Balaban J connectivity index is 3.34. The first-order valence-electron chi connectivity index (χ1n) is 5.55. The van der Waals surface area contributed by atoms with E-state index in [9.17, 15) is 0 Å². The summed E-state index contributed by atoms with van der Waals surface area (Å²) in [5, 5.41) is 11.9. The van der Waals surface area contributed by atoms with Gasteiger partial charge in [0.2, 0.25) is 0 Å². The van der Waals surface area contributed by atoms with Crippen molar-refractivity contribution in [2.45, 2.75) is 12.5 Å². The zero-order valence-corrected chi connectivity index (χ0v) is 11.1. The smallest absolute Gasteiger partial charge is 0.131 e. The molecule has 0 aliphatic heterocycles. The standard InChI is InChI=1S/C13H18N2O3/c1-15-10(5-6-14)13-11(17-3)7-9(16-2)8-12(13)18-4/h7-8,10,15H,5H2,1-4H3. The largest absolute Gasteiger partial charge is 0.496 e. The highest BCUT2D eigenvalue weighted by Gasteiger charge is 2.21. The lowest BCUT2D eigenvalue weighted by molar-refractivity contribution is 0.360. The molecule has 98 valence electrons. The summed E-state index contributed by atoms with van der Waals surface area (Å²) in [4.78, 5) is 0. The van der Waals surface area contributed by atoms with Crippen LogP contribution >= 0.6 is 0 Å². The third-order valence-electron chi connectivity index (χ3n) is 2.75. The van der Waals surface area contributed by atoms with E-state index in [1.807, 2.05) is 0 Å². The number of hydrogen-bond donors (Lipinski definition) is 1. The van der Waals surface area contributed by atoms with Crippen molar-refractivity contribution in [3.05, 3.63) is 17.7 Å². The van der Waals surface area contributed by atoms with Crippen LogP contribution in [0.4, 0.5) is 0 Å². The molecule has 1 aromatic rings. The van der Waals surface area contributed by atoms with E-state index in [1.165, 1.54) is 0 Å². The lowest BCUT2D eigenvalue weighted by atomic mass is 10.0. The van der Waals surface area contributed by atoms with Crippen LogP contribution in [0, 0.1) is 11.3 Å². The average Bonchev–Trinajstić information content (AvgIpc) is 2.43. The van der Waals surface area contributed by atoms with Crippen LogP contribution in [0.5, 0.6) is 17.2 Å². The average molecular weight is 250 g/mol. The Morgan fingerprint density at radius 3 is 2.06 bits per heavy atom. The molecule has 5 heteroatoms. The van der Waals surface area contributed by atoms with Gasteiger partial charge >= 0.3 is 0 Å². The molecule has 0 bridgehead atoms. The second-order valence-corrected chi connectivity index (χ2v) is 3.65. The van der Waals surface area contributed by atoms with Crippen LogP contribution in [0.3, 0.4) is 0 Å². The number of nitrogens with one attached hydrogen (secondary N) is 1. The number of benzene rings is 1. The molecule has 0 aliphatic carbocycles. The van der Waals surface area contributed by atoms with Crippen molar-refractivity contribution >= 4 is 0 Å². The summed E-state index contributed by atoms with van der Waals surface area (Å²) in [6.07, 6.45) is 0.329. The molecule has 0 saturated carbocycles. The van der Waals surface area contributed by atoms with E-state index in [0.717, 1.165) is 5.56 Å². The predicted molar refractivity (Wildman–Crippen MR) is 68.1 cm³/mol. The third kappa shape index (κ3) is 2.84. The summed E-state index contributed by atoms with van der Waals surface area (Å²) in [6.45, 7) is 0. The zero-order valence-electron chi connectivity index (χ0n) is 11.1. The van der Waals surface area contributed by atoms with Gasteiger partial charge in [0.15, 0.2) is 0 Å². The first-order valence-corrected chi connectivity index (χ1v) is 5.55. The van der Waals surface area contributed by atoms with Gasteiger partial charge in [0.1, 0.15) is 17.2 Å². The van der Waals surface area contributed by atoms with E-state index < -0.39 is 0 Å². The van der Waals surface area contributed by atoms with E-state index in [0.29, 0.717) is 23.7 Å². The second-order valence-electron chi connectivity index (χ2n) is 3.65. The molecule has 0 saturated heterocycles. The van der Waals surface area contributed by atoms with Crippen LogP contribution in [0.2, 0.25) is 0 Å². The minimum atomic E-state index is -0.147. The van der Waals surface area contributed by atoms with Crippen LogP contribution < -0.4 is 19.5 Å². The van der Waals surface area contributed by atoms with Gasteiger partial charge in [-0.2, -0.15) is 5.26 Å². The van der Waals surface area contributed by atoms with Crippen molar-refractivity contribution in [1.82, 2.24) is 5.32 Å². The minimum absolute atomic E-state index is 0.147. The SMILES string of the molecule is CNC(CC#N)c1c(OC)cc(OC)cc1OC. The summed E-state index contributed by atoms with van der Waals surface area (Å²) in [5.74, 6) is 1.93. The predicted octanol–water partition coefficient (Wildman–Crippen LogP) is 1.89. The van der Waals surface area contributed by atoms with E-state index in [4.69, 9.17) is 19.5 Å². The fourth-order valence-electron chi connectivity index (χ4n) is 1.82. The molecule has 1 N–H and O–H groups in total. The van der Waals surface area contributed by atoms with Crippen molar-refractivity contribution in [2.75, 3.05) is 28.4 Å². The summed E-state index contributed by atoms with van der Waals surface area (Å²) in [6, 6.07) is 5.55. The number of nitrogens with zero attached hydrogens (tertiary/aromatic N) is 1. The molecule has 0 aliphatic rings. The van der Waals surface area contributed by atoms with Crippen LogP contribution in [0.15, 0.2) is 12.1 Å². The molecule has 0 heterocycles. The van der Waals surface area contributed by atoms with Crippen molar-refractivity contribution in [3.63, 3.8) is 0 Å². The molecule has 1 atom stereocenters. The first kappa shape index (κ1) is 14.1. The summed E-state index contributed by atoms with van der Waals surface area (Å²) >= 11 is 0. The molecule has 5 nitrogen and oxygen atoms in total. The molecule has 0 fully saturated rings. The molecule has 1 aromatic carbocycles. The molecule has 1 rings (SSSR count). The fourth-order valence-corrected chi connectivity index (χ4v) is 1.82. The normalized spacial score (nSPS) is 11.5. The first-order chi connectivity index (χ1) is 8.71. The Morgan fingerprint density at radius 2 is 1.72 bits per heavy atom. The summed E-state index contributed by atoms with van der Waals surface area (Å²) < 4.78 is 15.9. The van der Waals surface area contributed by atoms with Crippen LogP contribution in [0.1, 0.15) is 18.0 Å². The highest BCUT2D eigenvalue weighted by Crippen LogP contribution is 2.39. The topological polar surface area (TPSA) is 63.5 Å². The maximum absolute atomic E-state index is 8.86. The Labute approximate surface area is 107 Å². The minimum Gasteiger partial charge on any atom is -0.496 e. The molecular formula is C13H18N2O3. The highest BCUT2D eigenvalue weighted by molar-refractivity contribution is 5.52. The Hall–Kier alpha value is -1.93. The molecule has 18 heavy (non-hydrogen) atoms. The van der Waals surface area contributed by atoms with Crippen molar-refractivity contribution in [1.29, 1.82) is 5.26 Å². The maximum atomic E-state index is 8.86. The maximum Gasteiger partial charge on any atom is 0.131 e. The van der Waals surface area contributed by atoms with E-state index in [2.05, 4.69) is 11.4 Å². The molecule has 0 aromatic heterocycles. The second kappa shape index (κ2) is 6.72. The quantitative estimate of drug-likeness (QED) is 0.835. The van der Waals surface area contributed by atoms with Gasteiger partial charge in [0.05, 0.1) is 45.4 Å². The number of nitriles is 1. The number of hydrogen-bond acceptors (Lipinski definition) is 5. The Bertz CT molecular complexity index is 415. The zero-order chi connectivity index (χ0) is 13.5. The lowest BCUT2D eigenvalue weighted by Crippen LogP contribution is -2.17. The van der Waals surface area contributed by atoms with Gasteiger partial charge in [-0.3, -0.25) is 0 Å². The monoisotopic (exact) mass is 250 g/mol. The summed E-state index contributed by atoms with van der Waals surface area (Å²) in [7, 11) is 6.54. The number of methoxy groups -OCH3 is 3. The van der Waals surface area contributed by atoms with E-state index in [-0.39, 0.29) is 6.04 Å². The van der Waals surface area contributed by atoms with Gasteiger partial charge in [-0.25, -0.2) is 0 Å². The van der Waals surface area contributed by atoms with Gasteiger partial charge in [0.25, 0.3) is 0 Å². The van der Waals surface area contributed by atoms with Gasteiger partial charge in [0, 0.05) is 12.1 Å². The summed E-state index contributed by atoms with van der Waals surface area (Å²) in [5.41, 5.74) is 0.824. The highest BCUT2D eigenvalue weighted by atomic mass is 16.5. The van der Waals surface area contributed by atoms with E-state index >= 15 is 0 Å². The molecule has 0 amide bonds. The Morgan fingerprint density at radius 1 is 1.17 bits per heavy atom. The fraction of sp³-hybridized carbons (Fsp3) is 0.462. The van der Waals surface area contributed by atoms with Crippen molar-refractivity contribution < 1.29 is 14.2 Å². The van der Waals surface area contributed by atoms with Gasteiger partial charge in [-0.1, -0.05) is 0 Å².